The second-order valence-corrected chi connectivity index (χ2v) is 5.07. The van der Waals surface area contributed by atoms with Crippen molar-refractivity contribution < 1.29 is 9.18 Å². The normalized spacial score (nSPS) is 10.3. The number of carbonyl (C=O) groups is 1. The highest BCUT2D eigenvalue weighted by Gasteiger charge is 2.14. The number of benzene rings is 2. The first-order valence-corrected chi connectivity index (χ1v) is 6.22. The lowest BCUT2D eigenvalue weighted by Gasteiger charge is -2.04. The molecular weight excluding hydrogens is 330 g/mol. The summed E-state index contributed by atoms with van der Waals surface area (Å²) in [5.41, 5.74) is 1.52. The van der Waals surface area contributed by atoms with E-state index in [2.05, 4.69) is 22.6 Å². The maximum absolute atomic E-state index is 13.6. The minimum absolute atomic E-state index is 0.131. The van der Waals surface area contributed by atoms with E-state index in [9.17, 15) is 9.18 Å². The van der Waals surface area contributed by atoms with Crippen LogP contribution in [0.4, 0.5) is 4.39 Å². The fraction of sp³-hybridized carbons (Fsp3) is 0.0714. The predicted octanol–water partition coefficient (Wildman–Crippen LogP) is 3.97. The molecule has 17 heavy (non-hydrogen) atoms. The molecule has 0 fully saturated rings. The summed E-state index contributed by atoms with van der Waals surface area (Å²) in [5, 5.41) is 0. The third kappa shape index (κ3) is 2.72. The van der Waals surface area contributed by atoms with E-state index in [-0.39, 0.29) is 11.3 Å². The molecule has 0 heterocycles. The van der Waals surface area contributed by atoms with E-state index in [1.165, 1.54) is 6.07 Å². The van der Waals surface area contributed by atoms with Crippen LogP contribution in [0.5, 0.6) is 0 Å². The van der Waals surface area contributed by atoms with E-state index >= 15 is 0 Å². The number of carbonyl (C=O) groups excluding carboxylic acids is 1. The summed E-state index contributed by atoms with van der Waals surface area (Å²) in [6, 6.07) is 11.7. The van der Waals surface area contributed by atoms with Gasteiger partial charge < -0.3 is 0 Å². The van der Waals surface area contributed by atoms with Crippen molar-refractivity contribution in [2.24, 2.45) is 0 Å². The van der Waals surface area contributed by atoms with Crippen molar-refractivity contribution in [1.29, 1.82) is 0 Å². The Labute approximate surface area is 113 Å². The Morgan fingerprint density at radius 1 is 1.18 bits per heavy atom. The Hall–Kier alpha value is -1.23. The van der Waals surface area contributed by atoms with Crippen molar-refractivity contribution in [2.75, 3.05) is 0 Å². The van der Waals surface area contributed by atoms with E-state index in [0.717, 1.165) is 9.13 Å². The van der Waals surface area contributed by atoms with Gasteiger partial charge in [0.15, 0.2) is 5.78 Å². The van der Waals surface area contributed by atoms with E-state index < -0.39 is 5.82 Å². The highest BCUT2D eigenvalue weighted by molar-refractivity contribution is 14.1. The van der Waals surface area contributed by atoms with Gasteiger partial charge in [0.05, 0.1) is 5.56 Å². The van der Waals surface area contributed by atoms with Crippen LogP contribution in [0.2, 0.25) is 0 Å². The molecule has 2 aromatic rings. The molecule has 0 amide bonds. The van der Waals surface area contributed by atoms with Gasteiger partial charge in [-0.2, -0.15) is 0 Å². The van der Waals surface area contributed by atoms with Gasteiger partial charge in [0.25, 0.3) is 0 Å². The van der Waals surface area contributed by atoms with E-state index in [1.54, 1.807) is 30.3 Å². The number of rotatable bonds is 2. The maximum atomic E-state index is 13.6. The second kappa shape index (κ2) is 4.96. The highest BCUT2D eigenvalue weighted by Crippen LogP contribution is 2.17. The van der Waals surface area contributed by atoms with Crippen LogP contribution in [0.25, 0.3) is 0 Å². The lowest BCUT2D eigenvalue weighted by molar-refractivity contribution is 0.103. The van der Waals surface area contributed by atoms with E-state index in [0.29, 0.717) is 5.56 Å². The van der Waals surface area contributed by atoms with Gasteiger partial charge >= 0.3 is 0 Å². The molecule has 2 rings (SSSR count). The molecule has 0 bridgehead atoms. The molecule has 0 aromatic heterocycles. The SMILES string of the molecule is Cc1ccc(F)c(C(=O)c2cccc(I)c2)c1. The first-order chi connectivity index (χ1) is 8.08. The number of halogens is 2. The zero-order valence-electron chi connectivity index (χ0n) is 9.21. The van der Waals surface area contributed by atoms with E-state index in [1.807, 2.05) is 13.0 Å². The van der Waals surface area contributed by atoms with Crippen LogP contribution in [-0.2, 0) is 0 Å². The Kier molecular flexibility index (Phi) is 3.57. The molecule has 0 saturated heterocycles. The fourth-order valence-electron chi connectivity index (χ4n) is 1.60. The third-order valence-corrected chi connectivity index (χ3v) is 3.12. The fourth-order valence-corrected chi connectivity index (χ4v) is 2.14. The smallest absolute Gasteiger partial charge is 0.196 e. The summed E-state index contributed by atoms with van der Waals surface area (Å²) in [4.78, 5) is 12.1. The van der Waals surface area contributed by atoms with E-state index in [4.69, 9.17) is 0 Å². The van der Waals surface area contributed by atoms with Crippen molar-refractivity contribution >= 4 is 28.4 Å². The first kappa shape index (κ1) is 12.2. The minimum Gasteiger partial charge on any atom is -0.288 e. The summed E-state index contributed by atoms with van der Waals surface area (Å²) in [6.45, 7) is 1.84. The highest BCUT2D eigenvalue weighted by atomic mass is 127. The van der Waals surface area contributed by atoms with Crippen molar-refractivity contribution in [3.63, 3.8) is 0 Å². The molecule has 86 valence electrons. The van der Waals surface area contributed by atoms with Gasteiger partial charge in [-0.25, -0.2) is 4.39 Å². The topological polar surface area (TPSA) is 17.1 Å². The lowest BCUT2D eigenvalue weighted by atomic mass is 10.0. The molecular formula is C14H10FIO. The first-order valence-electron chi connectivity index (χ1n) is 5.14. The van der Waals surface area contributed by atoms with Crippen LogP contribution in [0.3, 0.4) is 0 Å². The molecule has 0 unspecified atom stereocenters. The van der Waals surface area contributed by atoms with Crippen molar-refractivity contribution in [3.8, 4) is 0 Å². The maximum Gasteiger partial charge on any atom is 0.196 e. The second-order valence-electron chi connectivity index (χ2n) is 3.82. The van der Waals surface area contributed by atoms with Crippen molar-refractivity contribution in [1.82, 2.24) is 0 Å². The van der Waals surface area contributed by atoms with Crippen LogP contribution in [0.1, 0.15) is 21.5 Å². The molecule has 0 aliphatic carbocycles. The van der Waals surface area contributed by atoms with Gasteiger partial charge in [0.2, 0.25) is 0 Å². The molecule has 0 spiro atoms. The van der Waals surface area contributed by atoms with Crippen LogP contribution >= 0.6 is 22.6 Å². The van der Waals surface area contributed by atoms with Crippen LogP contribution < -0.4 is 0 Å². The average Bonchev–Trinajstić information content (AvgIpc) is 2.31. The number of aryl methyl sites for hydroxylation is 1. The van der Waals surface area contributed by atoms with Gasteiger partial charge in [-0.15, -0.1) is 0 Å². The van der Waals surface area contributed by atoms with Crippen LogP contribution in [0, 0.1) is 16.3 Å². The summed E-state index contributed by atoms with van der Waals surface area (Å²) < 4.78 is 14.5. The average molecular weight is 340 g/mol. The van der Waals surface area contributed by atoms with Gasteiger partial charge in [0.1, 0.15) is 5.82 Å². The Balaban J connectivity index is 2.47. The summed E-state index contributed by atoms with van der Waals surface area (Å²) in [7, 11) is 0. The van der Waals surface area contributed by atoms with Crippen LogP contribution in [-0.4, -0.2) is 5.78 Å². The molecule has 3 heteroatoms. The summed E-state index contributed by atoms with van der Waals surface area (Å²) in [5.74, 6) is -0.746. The molecule has 0 atom stereocenters. The molecule has 1 nitrogen and oxygen atoms in total. The van der Waals surface area contributed by atoms with Crippen LogP contribution in [0.15, 0.2) is 42.5 Å². The molecule has 0 aliphatic heterocycles. The molecule has 2 aromatic carbocycles. The Bertz CT molecular complexity index is 578. The minimum atomic E-state index is -0.473. The molecule has 0 aliphatic rings. The van der Waals surface area contributed by atoms with Gasteiger partial charge in [-0.3, -0.25) is 4.79 Å². The number of ketones is 1. The molecule has 0 saturated carbocycles. The van der Waals surface area contributed by atoms with Gasteiger partial charge in [-0.1, -0.05) is 23.8 Å². The van der Waals surface area contributed by atoms with Crippen molar-refractivity contribution in [3.05, 3.63) is 68.5 Å². The zero-order chi connectivity index (χ0) is 12.4. The van der Waals surface area contributed by atoms with Crippen molar-refractivity contribution in [2.45, 2.75) is 6.92 Å². The quantitative estimate of drug-likeness (QED) is 0.597. The Morgan fingerprint density at radius 3 is 2.65 bits per heavy atom. The number of hydrogen-bond donors (Lipinski definition) is 0. The Morgan fingerprint density at radius 2 is 1.94 bits per heavy atom. The summed E-state index contributed by atoms with van der Waals surface area (Å²) in [6.07, 6.45) is 0. The van der Waals surface area contributed by atoms with Gasteiger partial charge in [0, 0.05) is 9.13 Å². The lowest BCUT2D eigenvalue weighted by Crippen LogP contribution is -2.04. The third-order valence-electron chi connectivity index (χ3n) is 2.45. The monoisotopic (exact) mass is 340 g/mol. The predicted molar refractivity (Wildman–Crippen MR) is 73.7 cm³/mol. The zero-order valence-corrected chi connectivity index (χ0v) is 11.4. The van der Waals surface area contributed by atoms with Gasteiger partial charge in [-0.05, 0) is 53.8 Å². The molecule has 0 radical (unpaired) electrons. The largest absolute Gasteiger partial charge is 0.288 e. The molecule has 0 N–H and O–H groups in total. The number of hydrogen-bond acceptors (Lipinski definition) is 1. The summed E-state index contributed by atoms with van der Waals surface area (Å²) >= 11 is 2.13. The standard InChI is InChI=1S/C14H10FIO/c1-9-5-6-13(15)12(7-9)14(17)10-3-2-4-11(16)8-10/h2-8H,1H3.